The number of rotatable bonds is 23. The van der Waals surface area contributed by atoms with Gasteiger partial charge in [-0.15, -0.1) is 0 Å². The molecule has 0 spiro atoms. The molecular formula is C33H50NO6P. The van der Waals surface area contributed by atoms with Crippen molar-refractivity contribution in [3.8, 4) is 5.75 Å². The van der Waals surface area contributed by atoms with E-state index in [1.807, 2.05) is 54.6 Å². The van der Waals surface area contributed by atoms with Crippen molar-refractivity contribution < 1.29 is 28.4 Å². The normalized spacial score (nSPS) is 12.5. The largest absolute Gasteiger partial charge is 0.489 e. The number of carbonyl (C=O) groups excluding carboxylic acids is 1. The molecule has 228 valence electrons. The van der Waals surface area contributed by atoms with Crippen molar-refractivity contribution in [2.45, 2.75) is 109 Å². The van der Waals surface area contributed by atoms with Crippen molar-refractivity contribution in [1.82, 2.24) is 5.32 Å². The van der Waals surface area contributed by atoms with Gasteiger partial charge < -0.3 is 19.8 Å². The molecule has 0 bridgehead atoms. The molecule has 0 radical (unpaired) electrons. The summed E-state index contributed by atoms with van der Waals surface area (Å²) in [4.78, 5) is 30.9. The van der Waals surface area contributed by atoms with Crippen molar-refractivity contribution in [2.75, 3.05) is 6.61 Å². The number of carbonyl (C=O) groups is 1. The molecule has 0 unspecified atom stereocenters. The quantitative estimate of drug-likeness (QED) is 0.0690. The van der Waals surface area contributed by atoms with Gasteiger partial charge in [0.1, 0.15) is 12.4 Å². The minimum atomic E-state index is -4.64. The molecule has 8 heteroatoms. The Kier molecular flexibility index (Phi) is 18.0. The van der Waals surface area contributed by atoms with E-state index < -0.39 is 13.9 Å². The highest BCUT2D eigenvalue weighted by atomic mass is 31.2. The summed E-state index contributed by atoms with van der Waals surface area (Å²) >= 11 is 0. The fourth-order valence-electron chi connectivity index (χ4n) is 4.57. The highest BCUT2D eigenvalue weighted by molar-refractivity contribution is 7.46. The summed E-state index contributed by atoms with van der Waals surface area (Å²) in [5.74, 6) is 0.587. The van der Waals surface area contributed by atoms with Gasteiger partial charge in [-0.2, -0.15) is 0 Å². The van der Waals surface area contributed by atoms with E-state index >= 15 is 0 Å². The number of nitrogens with one attached hydrogen (secondary N) is 1. The fraction of sp³-hybridized carbons (Fsp3) is 0.545. The van der Waals surface area contributed by atoms with Crippen molar-refractivity contribution >= 4 is 13.7 Å². The van der Waals surface area contributed by atoms with Crippen LogP contribution in [0.15, 0.2) is 66.7 Å². The number of hydrogen-bond donors (Lipinski definition) is 3. The van der Waals surface area contributed by atoms with Crippen molar-refractivity contribution in [3.05, 3.63) is 77.9 Å². The molecule has 2 aromatic carbocycles. The van der Waals surface area contributed by atoms with Crippen LogP contribution in [-0.2, 0) is 26.9 Å². The van der Waals surface area contributed by atoms with Gasteiger partial charge in [0.15, 0.2) is 0 Å². The Morgan fingerprint density at radius 3 is 2.07 bits per heavy atom. The highest BCUT2D eigenvalue weighted by Crippen LogP contribution is 2.35. The van der Waals surface area contributed by atoms with Gasteiger partial charge in [0.2, 0.25) is 5.91 Å². The maximum Gasteiger partial charge on any atom is 0.469 e. The third kappa shape index (κ3) is 18.6. The molecule has 0 aliphatic carbocycles. The lowest BCUT2D eigenvalue weighted by molar-refractivity contribution is -0.122. The predicted octanol–water partition coefficient (Wildman–Crippen LogP) is 8.05. The lowest BCUT2D eigenvalue weighted by Crippen LogP contribution is -2.39. The van der Waals surface area contributed by atoms with Crippen molar-refractivity contribution in [1.29, 1.82) is 0 Å². The molecular weight excluding hydrogens is 537 g/mol. The van der Waals surface area contributed by atoms with E-state index in [9.17, 15) is 9.36 Å². The monoisotopic (exact) mass is 587 g/mol. The molecule has 0 aromatic heterocycles. The summed E-state index contributed by atoms with van der Waals surface area (Å²) in [5.41, 5.74) is 1.98. The van der Waals surface area contributed by atoms with E-state index in [1.165, 1.54) is 44.9 Å². The third-order valence-electron chi connectivity index (χ3n) is 6.88. The molecule has 0 aliphatic heterocycles. The summed E-state index contributed by atoms with van der Waals surface area (Å²) in [6, 6.07) is 16.8. The van der Waals surface area contributed by atoms with Gasteiger partial charge in [-0.25, -0.2) is 4.57 Å². The standard InChI is InChI=1S/C33H50NO6P/c1-2-3-4-5-6-7-8-9-10-11-12-13-14-18-21-33(35)34-31(28-40-41(36,37)38)26-29-22-24-32(25-23-29)39-27-30-19-16-15-17-20-30/h9-10,15-17,19-20,22-25,31H,2-8,11-14,18,21,26-28H2,1H3,(H,34,35)(H2,36,37,38)/b10-9-/t31-/m0/s1. The zero-order valence-corrected chi connectivity index (χ0v) is 25.6. The van der Waals surface area contributed by atoms with Crippen LogP contribution in [0.5, 0.6) is 5.75 Å². The third-order valence-corrected chi connectivity index (χ3v) is 7.36. The molecule has 2 aromatic rings. The van der Waals surface area contributed by atoms with Crippen LogP contribution in [0.3, 0.4) is 0 Å². The van der Waals surface area contributed by atoms with Crippen LogP contribution in [-0.4, -0.2) is 28.3 Å². The maximum absolute atomic E-state index is 12.6. The molecule has 0 fully saturated rings. The van der Waals surface area contributed by atoms with Crippen molar-refractivity contribution in [2.24, 2.45) is 0 Å². The van der Waals surface area contributed by atoms with Gasteiger partial charge in [0.05, 0.1) is 12.6 Å². The molecule has 0 saturated heterocycles. The summed E-state index contributed by atoms with van der Waals surface area (Å²) in [6.07, 6.45) is 19.5. The van der Waals surface area contributed by atoms with Crippen LogP contribution in [0, 0.1) is 0 Å². The Morgan fingerprint density at radius 2 is 1.44 bits per heavy atom. The molecule has 0 aliphatic rings. The van der Waals surface area contributed by atoms with E-state index in [-0.39, 0.29) is 12.5 Å². The minimum Gasteiger partial charge on any atom is -0.489 e. The summed E-state index contributed by atoms with van der Waals surface area (Å²) in [5, 5.41) is 2.90. The van der Waals surface area contributed by atoms with Crippen LogP contribution in [0.1, 0.15) is 102 Å². The second-order valence-corrected chi connectivity index (χ2v) is 11.9. The van der Waals surface area contributed by atoms with E-state index in [0.717, 1.165) is 49.0 Å². The number of ether oxygens (including phenoxy) is 1. The van der Waals surface area contributed by atoms with Crippen LogP contribution >= 0.6 is 7.82 Å². The van der Waals surface area contributed by atoms with Crippen LogP contribution in [0.4, 0.5) is 0 Å². The Morgan fingerprint density at radius 1 is 0.829 bits per heavy atom. The molecule has 7 nitrogen and oxygen atoms in total. The lowest BCUT2D eigenvalue weighted by atomic mass is 10.1. The first kappa shape index (κ1) is 34.8. The summed E-state index contributed by atoms with van der Waals surface area (Å²) < 4.78 is 21.8. The first-order valence-electron chi connectivity index (χ1n) is 15.3. The number of phosphoric acid groups is 1. The second kappa shape index (κ2) is 21.3. The van der Waals surface area contributed by atoms with Crippen molar-refractivity contribution in [3.63, 3.8) is 0 Å². The van der Waals surface area contributed by atoms with Gasteiger partial charge in [-0.1, -0.05) is 106 Å². The van der Waals surface area contributed by atoms with E-state index in [4.69, 9.17) is 19.0 Å². The van der Waals surface area contributed by atoms with Crippen LogP contribution in [0.2, 0.25) is 0 Å². The summed E-state index contributed by atoms with van der Waals surface area (Å²) in [7, 11) is -4.64. The number of benzene rings is 2. The number of allylic oxidation sites excluding steroid dienone is 2. The van der Waals surface area contributed by atoms with Gasteiger partial charge in [-0.05, 0) is 61.8 Å². The van der Waals surface area contributed by atoms with E-state index in [2.05, 4.69) is 24.4 Å². The van der Waals surface area contributed by atoms with E-state index in [0.29, 0.717) is 19.4 Å². The maximum atomic E-state index is 12.6. The Hall–Kier alpha value is -2.44. The molecule has 1 amide bonds. The average molecular weight is 588 g/mol. The van der Waals surface area contributed by atoms with Gasteiger partial charge in [-0.3, -0.25) is 9.32 Å². The Labute approximate surface area is 247 Å². The summed E-state index contributed by atoms with van der Waals surface area (Å²) in [6.45, 7) is 2.44. The fourth-order valence-corrected chi connectivity index (χ4v) is 4.94. The van der Waals surface area contributed by atoms with E-state index in [1.54, 1.807) is 0 Å². The minimum absolute atomic E-state index is 0.133. The van der Waals surface area contributed by atoms with Gasteiger partial charge >= 0.3 is 7.82 Å². The highest BCUT2D eigenvalue weighted by Gasteiger charge is 2.20. The zero-order chi connectivity index (χ0) is 29.6. The van der Waals surface area contributed by atoms with Gasteiger partial charge in [0, 0.05) is 6.42 Å². The number of unbranched alkanes of at least 4 members (excludes halogenated alkanes) is 10. The van der Waals surface area contributed by atoms with Crippen LogP contribution < -0.4 is 10.1 Å². The molecule has 3 N–H and O–H groups in total. The zero-order valence-electron chi connectivity index (χ0n) is 24.7. The SMILES string of the molecule is CCCCCCCC/C=C\CCCCCCC(=O)N[C@H](COP(=O)(O)O)Cc1ccc(OCc2ccccc2)cc1. The number of phosphoric ester groups is 1. The Bertz CT molecular complexity index is 1020. The Balaban J connectivity index is 1.66. The van der Waals surface area contributed by atoms with Gasteiger partial charge in [0.25, 0.3) is 0 Å². The topological polar surface area (TPSA) is 105 Å². The second-order valence-electron chi connectivity index (χ2n) is 10.7. The van der Waals surface area contributed by atoms with Crippen LogP contribution in [0.25, 0.3) is 0 Å². The smallest absolute Gasteiger partial charge is 0.469 e. The molecule has 1 atom stereocenters. The molecule has 0 saturated carbocycles. The number of amides is 1. The number of hydrogen-bond acceptors (Lipinski definition) is 4. The molecule has 0 heterocycles. The first-order valence-corrected chi connectivity index (χ1v) is 16.8. The lowest BCUT2D eigenvalue weighted by Gasteiger charge is -2.19. The molecule has 2 rings (SSSR count). The average Bonchev–Trinajstić information content (AvgIpc) is 2.96. The first-order chi connectivity index (χ1) is 19.9. The molecule has 41 heavy (non-hydrogen) atoms. The predicted molar refractivity (Wildman–Crippen MR) is 166 cm³/mol.